The SMILES string of the molecule is CCC(CC)(CO)CNc1nccc(C)c1Br. The van der Waals surface area contributed by atoms with Crippen LogP contribution in [-0.2, 0) is 0 Å². The molecule has 0 fully saturated rings. The Morgan fingerprint density at radius 1 is 1.41 bits per heavy atom. The first-order chi connectivity index (χ1) is 8.08. The van der Waals surface area contributed by atoms with Crippen LogP contribution in [0, 0.1) is 12.3 Å². The maximum atomic E-state index is 9.51. The first-order valence-corrected chi connectivity index (χ1v) is 6.83. The molecule has 96 valence electrons. The summed E-state index contributed by atoms with van der Waals surface area (Å²) in [6, 6.07) is 1.97. The molecular formula is C13H21BrN2O. The minimum absolute atomic E-state index is 0.0507. The molecule has 0 bridgehead atoms. The molecule has 1 aromatic rings. The van der Waals surface area contributed by atoms with Crippen molar-refractivity contribution in [2.24, 2.45) is 5.41 Å². The molecule has 0 unspecified atom stereocenters. The molecule has 1 rings (SSSR count). The van der Waals surface area contributed by atoms with Gasteiger partial charge in [-0.25, -0.2) is 4.98 Å². The van der Waals surface area contributed by atoms with Gasteiger partial charge in [0.1, 0.15) is 5.82 Å². The van der Waals surface area contributed by atoms with E-state index >= 15 is 0 Å². The van der Waals surface area contributed by atoms with Gasteiger partial charge in [-0.3, -0.25) is 0 Å². The predicted molar refractivity (Wildman–Crippen MR) is 75.3 cm³/mol. The average Bonchev–Trinajstić information content (AvgIpc) is 2.36. The van der Waals surface area contributed by atoms with Crippen LogP contribution < -0.4 is 5.32 Å². The van der Waals surface area contributed by atoms with Gasteiger partial charge in [0.05, 0.1) is 11.1 Å². The van der Waals surface area contributed by atoms with Crippen molar-refractivity contribution in [3.63, 3.8) is 0 Å². The highest BCUT2D eigenvalue weighted by molar-refractivity contribution is 9.10. The quantitative estimate of drug-likeness (QED) is 0.847. The van der Waals surface area contributed by atoms with Gasteiger partial charge in [0, 0.05) is 18.2 Å². The van der Waals surface area contributed by atoms with Crippen molar-refractivity contribution >= 4 is 21.7 Å². The Labute approximate surface area is 112 Å². The van der Waals surface area contributed by atoms with E-state index in [1.807, 2.05) is 13.0 Å². The van der Waals surface area contributed by atoms with Crippen LogP contribution in [-0.4, -0.2) is 23.2 Å². The fourth-order valence-electron chi connectivity index (χ4n) is 1.71. The first-order valence-electron chi connectivity index (χ1n) is 6.04. The zero-order valence-corrected chi connectivity index (χ0v) is 12.3. The number of rotatable bonds is 6. The fraction of sp³-hybridized carbons (Fsp3) is 0.615. The summed E-state index contributed by atoms with van der Waals surface area (Å²) in [4.78, 5) is 4.31. The normalized spacial score (nSPS) is 11.6. The molecule has 0 aliphatic carbocycles. The van der Waals surface area contributed by atoms with Gasteiger partial charge in [0.2, 0.25) is 0 Å². The molecule has 0 amide bonds. The van der Waals surface area contributed by atoms with Crippen LogP contribution in [0.2, 0.25) is 0 Å². The molecule has 0 aromatic carbocycles. The highest BCUT2D eigenvalue weighted by Gasteiger charge is 2.25. The van der Waals surface area contributed by atoms with Crippen LogP contribution in [0.15, 0.2) is 16.7 Å². The second-order valence-corrected chi connectivity index (χ2v) is 5.30. The molecule has 1 heterocycles. The van der Waals surface area contributed by atoms with Gasteiger partial charge in [0.25, 0.3) is 0 Å². The molecule has 0 spiro atoms. The minimum atomic E-state index is -0.0507. The molecule has 0 saturated carbocycles. The van der Waals surface area contributed by atoms with Crippen molar-refractivity contribution in [2.45, 2.75) is 33.6 Å². The van der Waals surface area contributed by atoms with E-state index < -0.39 is 0 Å². The number of hydrogen-bond acceptors (Lipinski definition) is 3. The van der Waals surface area contributed by atoms with Gasteiger partial charge in [-0.1, -0.05) is 13.8 Å². The summed E-state index contributed by atoms with van der Waals surface area (Å²) < 4.78 is 0.999. The topological polar surface area (TPSA) is 45.1 Å². The third-order valence-corrected chi connectivity index (χ3v) is 4.55. The lowest BCUT2D eigenvalue weighted by Crippen LogP contribution is -2.32. The largest absolute Gasteiger partial charge is 0.396 e. The van der Waals surface area contributed by atoms with Crippen LogP contribution in [0.3, 0.4) is 0 Å². The Bertz CT molecular complexity index is 356. The molecule has 2 N–H and O–H groups in total. The Balaban J connectivity index is 2.75. The lowest BCUT2D eigenvalue weighted by atomic mass is 9.83. The summed E-state index contributed by atoms with van der Waals surface area (Å²) in [7, 11) is 0. The lowest BCUT2D eigenvalue weighted by molar-refractivity contribution is 0.127. The summed E-state index contributed by atoms with van der Waals surface area (Å²) in [5.74, 6) is 0.852. The Hall–Kier alpha value is -0.610. The number of anilines is 1. The molecule has 0 aliphatic heterocycles. The van der Waals surface area contributed by atoms with Gasteiger partial charge < -0.3 is 10.4 Å². The van der Waals surface area contributed by atoms with E-state index in [1.54, 1.807) is 6.20 Å². The van der Waals surface area contributed by atoms with Crippen LogP contribution in [0.5, 0.6) is 0 Å². The van der Waals surface area contributed by atoms with Crippen molar-refractivity contribution in [3.05, 3.63) is 22.3 Å². The molecule has 1 aromatic heterocycles. The van der Waals surface area contributed by atoms with E-state index in [9.17, 15) is 5.11 Å². The second-order valence-electron chi connectivity index (χ2n) is 4.51. The van der Waals surface area contributed by atoms with Gasteiger partial charge in [-0.05, 0) is 47.3 Å². The second kappa shape index (κ2) is 6.36. The van der Waals surface area contributed by atoms with Gasteiger partial charge in [-0.2, -0.15) is 0 Å². The minimum Gasteiger partial charge on any atom is -0.396 e. The summed E-state index contributed by atoms with van der Waals surface area (Å²) in [5, 5.41) is 12.8. The smallest absolute Gasteiger partial charge is 0.140 e. The number of hydrogen-bond donors (Lipinski definition) is 2. The van der Waals surface area contributed by atoms with Crippen LogP contribution in [0.25, 0.3) is 0 Å². The van der Waals surface area contributed by atoms with E-state index in [0.29, 0.717) is 0 Å². The van der Waals surface area contributed by atoms with E-state index in [0.717, 1.165) is 35.2 Å². The molecule has 0 aliphatic rings. The standard InChI is InChI=1S/C13H21BrN2O/c1-4-13(5-2,9-17)8-16-12-11(14)10(3)6-7-15-12/h6-7,17H,4-5,8-9H2,1-3H3,(H,15,16). The van der Waals surface area contributed by atoms with Gasteiger partial charge >= 0.3 is 0 Å². The van der Waals surface area contributed by atoms with Crippen molar-refractivity contribution in [1.29, 1.82) is 0 Å². The summed E-state index contributed by atoms with van der Waals surface area (Å²) in [5.41, 5.74) is 1.11. The van der Waals surface area contributed by atoms with Crippen LogP contribution >= 0.6 is 15.9 Å². The highest BCUT2D eigenvalue weighted by Crippen LogP contribution is 2.28. The summed E-state index contributed by atoms with van der Waals surface area (Å²) >= 11 is 3.53. The third kappa shape index (κ3) is 3.42. The summed E-state index contributed by atoms with van der Waals surface area (Å²) in [6.45, 7) is 7.21. The third-order valence-electron chi connectivity index (χ3n) is 3.55. The Morgan fingerprint density at radius 2 is 2.06 bits per heavy atom. The van der Waals surface area contributed by atoms with E-state index in [-0.39, 0.29) is 12.0 Å². The van der Waals surface area contributed by atoms with Gasteiger partial charge in [0.15, 0.2) is 0 Å². The van der Waals surface area contributed by atoms with Crippen LogP contribution in [0.4, 0.5) is 5.82 Å². The zero-order valence-electron chi connectivity index (χ0n) is 10.8. The predicted octanol–water partition coefficient (Wildman–Crippen LogP) is 3.36. The van der Waals surface area contributed by atoms with Crippen molar-refractivity contribution in [1.82, 2.24) is 4.98 Å². The molecule has 0 radical (unpaired) electrons. The molecule has 17 heavy (non-hydrogen) atoms. The fourth-order valence-corrected chi connectivity index (χ4v) is 2.09. The number of nitrogens with one attached hydrogen (secondary N) is 1. The maximum Gasteiger partial charge on any atom is 0.140 e. The van der Waals surface area contributed by atoms with E-state index in [4.69, 9.17) is 0 Å². The molecule has 0 saturated heterocycles. The average molecular weight is 301 g/mol. The van der Waals surface area contributed by atoms with E-state index in [1.165, 1.54) is 0 Å². The van der Waals surface area contributed by atoms with Crippen molar-refractivity contribution in [3.8, 4) is 0 Å². The van der Waals surface area contributed by atoms with Crippen LogP contribution in [0.1, 0.15) is 32.3 Å². The number of halogens is 1. The number of aliphatic hydroxyl groups excluding tert-OH is 1. The number of nitrogens with zero attached hydrogens (tertiary/aromatic N) is 1. The highest BCUT2D eigenvalue weighted by atomic mass is 79.9. The lowest BCUT2D eigenvalue weighted by Gasteiger charge is -2.30. The van der Waals surface area contributed by atoms with Crippen molar-refractivity contribution < 1.29 is 5.11 Å². The van der Waals surface area contributed by atoms with Gasteiger partial charge in [-0.15, -0.1) is 0 Å². The van der Waals surface area contributed by atoms with Crippen molar-refractivity contribution in [2.75, 3.05) is 18.5 Å². The molecule has 0 atom stereocenters. The summed E-state index contributed by atoms with van der Waals surface area (Å²) in [6.07, 6.45) is 3.70. The number of pyridine rings is 1. The Morgan fingerprint density at radius 3 is 2.59 bits per heavy atom. The van der Waals surface area contributed by atoms with E-state index in [2.05, 4.69) is 40.1 Å². The number of aliphatic hydroxyl groups is 1. The maximum absolute atomic E-state index is 9.51. The zero-order chi connectivity index (χ0) is 12.9. The number of aryl methyl sites for hydroxylation is 1. The number of aromatic nitrogens is 1. The molecule has 3 nitrogen and oxygen atoms in total. The molecule has 4 heteroatoms. The molecular weight excluding hydrogens is 280 g/mol. The first kappa shape index (κ1) is 14.5. The monoisotopic (exact) mass is 300 g/mol. The Kier molecular flexibility index (Phi) is 5.40.